The SMILES string of the molecule is CC1(C)C[C@@H]2C[C@@](C)(CN2[C@H](C(=O)O)c2c[nH]c3ccc(NC(=O)CCC(=O)O)cc23)C1. The summed E-state index contributed by atoms with van der Waals surface area (Å²) in [6, 6.07) is 4.74. The molecule has 1 aliphatic heterocycles. The summed E-state index contributed by atoms with van der Waals surface area (Å²) in [6.07, 6.45) is 4.47. The third-order valence-electron chi connectivity index (χ3n) is 6.88. The molecule has 32 heavy (non-hydrogen) atoms. The quantitative estimate of drug-likeness (QED) is 0.515. The smallest absolute Gasteiger partial charge is 0.325 e. The molecule has 8 heteroatoms. The Bertz CT molecular complexity index is 1070. The van der Waals surface area contributed by atoms with Crippen LogP contribution in [0.1, 0.15) is 64.5 Å². The van der Waals surface area contributed by atoms with E-state index in [1.807, 2.05) is 0 Å². The number of aromatic amines is 1. The molecule has 1 aromatic heterocycles. The second-order valence-electron chi connectivity index (χ2n) is 10.6. The van der Waals surface area contributed by atoms with E-state index >= 15 is 0 Å². The van der Waals surface area contributed by atoms with Crippen LogP contribution in [0.3, 0.4) is 0 Å². The molecule has 2 heterocycles. The van der Waals surface area contributed by atoms with Gasteiger partial charge in [-0.05, 0) is 48.3 Å². The molecule has 172 valence electrons. The molecule has 4 N–H and O–H groups in total. The number of hydrogen-bond acceptors (Lipinski definition) is 4. The zero-order valence-electron chi connectivity index (χ0n) is 18.8. The number of likely N-dealkylation sites (tertiary alicyclic amines) is 1. The van der Waals surface area contributed by atoms with Crippen LogP contribution in [0.25, 0.3) is 10.9 Å². The van der Waals surface area contributed by atoms with Gasteiger partial charge < -0.3 is 20.5 Å². The number of rotatable bonds is 7. The molecule has 2 aliphatic rings. The number of carboxylic acid groups (broad SMARTS) is 2. The van der Waals surface area contributed by atoms with E-state index < -0.39 is 18.0 Å². The third kappa shape index (κ3) is 4.37. The van der Waals surface area contributed by atoms with E-state index in [0.717, 1.165) is 36.7 Å². The van der Waals surface area contributed by atoms with Crippen LogP contribution in [-0.4, -0.2) is 50.5 Å². The predicted molar refractivity (Wildman–Crippen MR) is 120 cm³/mol. The number of aliphatic carboxylic acids is 2. The maximum atomic E-state index is 12.5. The van der Waals surface area contributed by atoms with E-state index in [1.54, 1.807) is 24.4 Å². The Morgan fingerprint density at radius 3 is 2.62 bits per heavy atom. The van der Waals surface area contributed by atoms with Gasteiger partial charge in [0.05, 0.1) is 6.42 Å². The van der Waals surface area contributed by atoms with Gasteiger partial charge in [-0.1, -0.05) is 20.8 Å². The van der Waals surface area contributed by atoms with Crippen molar-refractivity contribution >= 4 is 34.4 Å². The fourth-order valence-corrected chi connectivity index (χ4v) is 6.15. The zero-order valence-corrected chi connectivity index (χ0v) is 18.8. The number of nitrogens with zero attached hydrogens (tertiary/aromatic N) is 1. The van der Waals surface area contributed by atoms with Crippen molar-refractivity contribution in [1.29, 1.82) is 0 Å². The topological polar surface area (TPSA) is 123 Å². The predicted octanol–water partition coefficient (Wildman–Crippen LogP) is 4.00. The molecule has 0 spiro atoms. The van der Waals surface area contributed by atoms with Crippen LogP contribution in [0.4, 0.5) is 5.69 Å². The first-order valence-corrected chi connectivity index (χ1v) is 11.1. The molecule has 1 aliphatic carbocycles. The van der Waals surface area contributed by atoms with Crippen LogP contribution in [0.15, 0.2) is 24.4 Å². The highest BCUT2D eigenvalue weighted by molar-refractivity contribution is 5.96. The van der Waals surface area contributed by atoms with Crippen LogP contribution < -0.4 is 5.32 Å². The summed E-state index contributed by atoms with van der Waals surface area (Å²) in [5.41, 5.74) is 2.29. The molecule has 4 rings (SSSR count). The summed E-state index contributed by atoms with van der Waals surface area (Å²) >= 11 is 0. The molecular weight excluding hydrogens is 410 g/mol. The van der Waals surface area contributed by atoms with E-state index in [0.29, 0.717) is 11.3 Å². The van der Waals surface area contributed by atoms with Gasteiger partial charge in [-0.3, -0.25) is 19.3 Å². The number of anilines is 1. The molecule has 1 amide bonds. The van der Waals surface area contributed by atoms with Crippen LogP contribution in [-0.2, 0) is 14.4 Å². The van der Waals surface area contributed by atoms with Crippen LogP contribution >= 0.6 is 0 Å². The minimum absolute atomic E-state index is 0.107. The highest BCUT2D eigenvalue weighted by Gasteiger charge is 2.52. The number of fused-ring (bicyclic) bond motifs is 3. The maximum Gasteiger partial charge on any atom is 0.325 e. The van der Waals surface area contributed by atoms with Crippen molar-refractivity contribution in [2.24, 2.45) is 10.8 Å². The highest BCUT2D eigenvalue weighted by Crippen LogP contribution is 2.54. The van der Waals surface area contributed by atoms with Crippen LogP contribution in [0.5, 0.6) is 0 Å². The molecule has 2 aromatic rings. The summed E-state index contributed by atoms with van der Waals surface area (Å²) in [5.74, 6) is -2.29. The minimum atomic E-state index is -1.03. The lowest BCUT2D eigenvalue weighted by atomic mass is 9.65. The molecule has 2 bridgehead atoms. The standard InChI is InChI=1S/C24H31N3O5/c1-23(2)9-15-10-24(3,12-23)13-27(15)21(22(31)32)17-11-25-18-5-4-14(8-16(17)18)26-19(28)6-7-20(29)30/h4-5,8,11,15,21,25H,6-7,9-10,12-13H2,1-3H3,(H,26,28)(H,29,30)(H,31,32)/t15-,21+,24-/m1/s1. The van der Waals surface area contributed by atoms with E-state index in [9.17, 15) is 19.5 Å². The summed E-state index contributed by atoms with van der Waals surface area (Å²) in [5, 5.41) is 22.5. The molecule has 1 saturated carbocycles. The van der Waals surface area contributed by atoms with Gasteiger partial charge in [-0.25, -0.2) is 0 Å². The average Bonchev–Trinajstić information content (AvgIpc) is 3.17. The van der Waals surface area contributed by atoms with Gasteiger partial charge in [0, 0.05) is 47.4 Å². The van der Waals surface area contributed by atoms with E-state index in [4.69, 9.17) is 5.11 Å². The molecule has 3 atom stereocenters. The number of benzene rings is 1. The number of nitrogens with one attached hydrogen (secondary N) is 2. The second kappa shape index (κ2) is 7.92. The number of carbonyl (C=O) groups excluding carboxylic acids is 1. The number of carboxylic acids is 2. The Morgan fingerprint density at radius 1 is 1.19 bits per heavy atom. The Hall–Kier alpha value is -2.87. The Kier molecular flexibility index (Phi) is 5.53. The van der Waals surface area contributed by atoms with Gasteiger partial charge in [0.25, 0.3) is 0 Å². The summed E-state index contributed by atoms with van der Waals surface area (Å²) < 4.78 is 0. The van der Waals surface area contributed by atoms with Crippen LogP contribution in [0.2, 0.25) is 0 Å². The molecular formula is C24H31N3O5. The van der Waals surface area contributed by atoms with Crippen molar-refractivity contribution in [1.82, 2.24) is 9.88 Å². The number of aromatic nitrogens is 1. The molecule has 2 fully saturated rings. The van der Waals surface area contributed by atoms with Gasteiger partial charge >= 0.3 is 11.9 Å². The maximum absolute atomic E-state index is 12.5. The van der Waals surface area contributed by atoms with E-state index in [-0.39, 0.29) is 35.6 Å². The molecule has 8 nitrogen and oxygen atoms in total. The molecule has 0 radical (unpaired) electrons. The lowest BCUT2D eigenvalue weighted by Crippen LogP contribution is -2.39. The molecule has 1 aromatic carbocycles. The number of amides is 1. The van der Waals surface area contributed by atoms with Crippen molar-refractivity contribution < 1.29 is 24.6 Å². The lowest BCUT2D eigenvalue weighted by molar-refractivity contribution is -0.144. The fraction of sp³-hybridized carbons (Fsp3) is 0.542. The van der Waals surface area contributed by atoms with Crippen LogP contribution in [0, 0.1) is 10.8 Å². The largest absolute Gasteiger partial charge is 0.481 e. The first-order chi connectivity index (χ1) is 15.0. The first-order valence-electron chi connectivity index (χ1n) is 11.1. The van der Waals surface area contributed by atoms with Gasteiger partial charge in [0.15, 0.2) is 0 Å². The van der Waals surface area contributed by atoms with Gasteiger partial charge in [-0.15, -0.1) is 0 Å². The monoisotopic (exact) mass is 441 g/mol. The Balaban J connectivity index is 1.64. The minimum Gasteiger partial charge on any atom is -0.481 e. The van der Waals surface area contributed by atoms with Gasteiger partial charge in [0.1, 0.15) is 6.04 Å². The second-order valence-corrected chi connectivity index (χ2v) is 10.6. The van der Waals surface area contributed by atoms with Crippen molar-refractivity contribution in [2.75, 3.05) is 11.9 Å². The van der Waals surface area contributed by atoms with Crippen molar-refractivity contribution in [3.8, 4) is 0 Å². The summed E-state index contributed by atoms with van der Waals surface area (Å²) in [6.45, 7) is 7.54. The van der Waals surface area contributed by atoms with Crippen molar-refractivity contribution in [3.63, 3.8) is 0 Å². The van der Waals surface area contributed by atoms with Crippen molar-refractivity contribution in [2.45, 2.75) is 65.0 Å². The van der Waals surface area contributed by atoms with Gasteiger partial charge in [0.2, 0.25) is 5.91 Å². The third-order valence-corrected chi connectivity index (χ3v) is 6.88. The normalized spacial score (nSPS) is 25.5. The van der Waals surface area contributed by atoms with Crippen molar-refractivity contribution in [3.05, 3.63) is 30.0 Å². The van der Waals surface area contributed by atoms with Gasteiger partial charge in [-0.2, -0.15) is 0 Å². The average molecular weight is 442 g/mol. The fourth-order valence-electron chi connectivity index (χ4n) is 6.15. The van der Waals surface area contributed by atoms with E-state index in [2.05, 4.69) is 36.0 Å². The summed E-state index contributed by atoms with van der Waals surface area (Å²) in [7, 11) is 0. The highest BCUT2D eigenvalue weighted by atomic mass is 16.4. The lowest BCUT2D eigenvalue weighted by Gasteiger charge is -2.40. The number of hydrogen-bond donors (Lipinski definition) is 4. The first kappa shape index (κ1) is 22.3. The number of H-pyrrole nitrogens is 1. The molecule has 0 unspecified atom stereocenters. The zero-order chi connectivity index (χ0) is 23.3. The van der Waals surface area contributed by atoms with E-state index in [1.165, 1.54) is 0 Å². The molecule has 1 saturated heterocycles. The summed E-state index contributed by atoms with van der Waals surface area (Å²) in [4.78, 5) is 40.6. The Morgan fingerprint density at radius 2 is 1.94 bits per heavy atom. The Labute approximate surface area is 187 Å². The number of carbonyl (C=O) groups is 3.